The number of hydrogen-bond donors (Lipinski definition) is 1. The van der Waals surface area contributed by atoms with Crippen molar-refractivity contribution < 1.29 is 4.79 Å². The Kier molecular flexibility index (Phi) is 4.38. The molecule has 0 bridgehead atoms. The summed E-state index contributed by atoms with van der Waals surface area (Å²) in [7, 11) is 2.09. The molecule has 1 N–H and O–H groups in total. The minimum Gasteiger partial charge on any atom is -0.337 e. The maximum absolute atomic E-state index is 12.5. The van der Waals surface area contributed by atoms with Gasteiger partial charge in [0.1, 0.15) is 0 Å². The number of nitrogens with one attached hydrogen (secondary N) is 1. The molecule has 0 saturated carbocycles. The number of carbonyl (C=O) groups is 1. The number of carbonyl (C=O) groups excluding carboxylic acids is 1. The molecule has 2 aliphatic heterocycles. The zero-order valence-corrected chi connectivity index (χ0v) is 12.9. The third-order valence-corrected chi connectivity index (χ3v) is 5.50. The molecule has 2 aliphatic rings. The molecule has 20 heavy (non-hydrogen) atoms. The number of hydrogen-bond acceptors (Lipinski definition) is 4. The second-order valence-electron chi connectivity index (χ2n) is 5.83. The van der Waals surface area contributed by atoms with Crippen LogP contribution in [0.15, 0.2) is 11.4 Å². The average molecular weight is 293 g/mol. The molecular weight excluding hydrogens is 270 g/mol. The second-order valence-corrected chi connectivity index (χ2v) is 6.83. The van der Waals surface area contributed by atoms with Crippen molar-refractivity contribution in [2.24, 2.45) is 0 Å². The number of piperidine rings is 1. The first-order valence-corrected chi connectivity index (χ1v) is 8.36. The molecule has 5 heteroatoms. The fourth-order valence-electron chi connectivity index (χ4n) is 3.15. The molecule has 1 fully saturated rings. The van der Waals surface area contributed by atoms with E-state index >= 15 is 0 Å². The van der Waals surface area contributed by atoms with E-state index in [2.05, 4.69) is 28.7 Å². The Hall–Kier alpha value is -0.910. The topological polar surface area (TPSA) is 35.6 Å². The Labute approximate surface area is 124 Å². The molecule has 1 aromatic heterocycles. The van der Waals surface area contributed by atoms with Crippen LogP contribution in [-0.2, 0) is 17.8 Å². The minimum atomic E-state index is 0.280. The maximum atomic E-state index is 12.5. The monoisotopic (exact) mass is 293 g/mol. The van der Waals surface area contributed by atoms with E-state index < -0.39 is 0 Å². The van der Waals surface area contributed by atoms with E-state index in [1.807, 2.05) is 16.2 Å². The predicted octanol–water partition coefficient (Wildman–Crippen LogP) is 1.32. The highest BCUT2D eigenvalue weighted by Gasteiger charge is 2.25. The summed E-state index contributed by atoms with van der Waals surface area (Å²) in [6.07, 6.45) is 3.33. The van der Waals surface area contributed by atoms with Gasteiger partial charge in [0, 0.05) is 24.0 Å². The van der Waals surface area contributed by atoms with Crippen molar-refractivity contribution in [2.45, 2.75) is 31.8 Å². The number of likely N-dealkylation sites (N-methyl/N-ethyl adjacent to an activating group) is 1. The molecular formula is C15H23N3OS. The number of fused-ring (bicyclic) bond motifs is 1. The summed E-state index contributed by atoms with van der Waals surface area (Å²) >= 11 is 1.82. The summed E-state index contributed by atoms with van der Waals surface area (Å²) in [4.78, 5) is 18.2. The lowest BCUT2D eigenvalue weighted by molar-refractivity contribution is -0.133. The summed E-state index contributed by atoms with van der Waals surface area (Å²) in [5.41, 5.74) is 1.35. The van der Waals surface area contributed by atoms with Gasteiger partial charge in [-0.2, -0.15) is 0 Å². The van der Waals surface area contributed by atoms with Crippen LogP contribution in [0.5, 0.6) is 0 Å². The van der Waals surface area contributed by atoms with Gasteiger partial charge in [0.05, 0.1) is 6.54 Å². The molecule has 0 aromatic carbocycles. The van der Waals surface area contributed by atoms with Crippen molar-refractivity contribution in [2.75, 3.05) is 33.2 Å². The summed E-state index contributed by atoms with van der Waals surface area (Å²) in [5, 5.41) is 5.51. The van der Waals surface area contributed by atoms with E-state index in [1.54, 1.807) is 0 Å². The zero-order chi connectivity index (χ0) is 13.9. The van der Waals surface area contributed by atoms with Crippen LogP contribution in [0.1, 0.15) is 23.3 Å². The van der Waals surface area contributed by atoms with Crippen LogP contribution in [0, 0.1) is 0 Å². The van der Waals surface area contributed by atoms with E-state index in [9.17, 15) is 4.79 Å². The normalized spacial score (nSPS) is 20.2. The van der Waals surface area contributed by atoms with Crippen LogP contribution in [0.3, 0.4) is 0 Å². The molecule has 0 atom stereocenters. The van der Waals surface area contributed by atoms with Gasteiger partial charge in [0.2, 0.25) is 5.91 Å². The van der Waals surface area contributed by atoms with Crippen molar-refractivity contribution in [3.63, 3.8) is 0 Å². The quantitative estimate of drug-likeness (QED) is 0.913. The molecule has 3 rings (SSSR count). The first kappa shape index (κ1) is 14.0. The van der Waals surface area contributed by atoms with Crippen molar-refractivity contribution in [1.29, 1.82) is 0 Å². The molecule has 0 spiro atoms. The van der Waals surface area contributed by atoms with Crippen LogP contribution in [0.4, 0.5) is 0 Å². The largest absolute Gasteiger partial charge is 0.337 e. The van der Waals surface area contributed by atoms with Crippen LogP contribution in [-0.4, -0.2) is 55.0 Å². The van der Waals surface area contributed by atoms with E-state index in [1.165, 1.54) is 10.4 Å². The van der Waals surface area contributed by atoms with E-state index in [4.69, 9.17) is 0 Å². The van der Waals surface area contributed by atoms with E-state index in [0.717, 1.165) is 45.4 Å². The summed E-state index contributed by atoms with van der Waals surface area (Å²) in [6.45, 7) is 4.39. The van der Waals surface area contributed by atoms with Crippen LogP contribution in [0.25, 0.3) is 0 Å². The lowest BCUT2D eigenvalue weighted by Crippen LogP contribution is -2.47. The highest BCUT2D eigenvalue weighted by molar-refractivity contribution is 7.10. The standard InChI is InChI=1S/C15H23N3OS/c1-17(13-2-6-16-7-3-13)11-15(19)18-8-4-14-12(10-18)5-9-20-14/h5,9,13,16H,2-4,6-8,10-11H2,1H3. The minimum absolute atomic E-state index is 0.280. The molecule has 1 saturated heterocycles. The van der Waals surface area contributed by atoms with Gasteiger partial charge in [0.25, 0.3) is 0 Å². The number of rotatable bonds is 3. The van der Waals surface area contributed by atoms with Crippen molar-refractivity contribution in [3.8, 4) is 0 Å². The number of nitrogens with zero attached hydrogens (tertiary/aromatic N) is 2. The lowest BCUT2D eigenvalue weighted by atomic mass is 10.1. The van der Waals surface area contributed by atoms with Gasteiger partial charge in [0.15, 0.2) is 0 Å². The molecule has 4 nitrogen and oxygen atoms in total. The van der Waals surface area contributed by atoms with Crippen LogP contribution < -0.4 is 5.32 Å². The molecule has 0 unspecified atom stereocenters. The molecule has 0 radical (unpaired) electrons. The molecule has 1 amide bonds. The first-order valence-electron chi connectivity index (χ1n) is 7.48. The van der Waals surface area contributed by atoms with Gasteiger partial charge in [-0.1, -0.05) is 0 Å². The smallest absolute Gasteiger partial charge is 0.237 e. The van der Waals surface area contributed by atoms with Gasteiger partial charge in [-0.05, 0) is 56.4 Å². The third kappa shape index (κ3) is 3.05. The maximum Gasteiger partial charge on any atom is 0.237 e. The Balaban J connectivity index is 1.54. The highest BCUT2D eigenvalue weighted by Crippen LogP contribution is 2.24. The lowest BCUT2D eigenvalue weighted by Gasteiger charge is -2.34. The molecule has 110 valence electrons. The van der Waals surface area contributed by atoms with Crippen molar-refractivity contribution >= 4 is 17.2 Å². The second kappa shape index (κ2) is 6.24. The van der Waals surface area contributed by atoms with E-state index in [-0.39, 0.29) is 5.91 Å². The van der Waals surface area contributed by atoms with Crippen LogP contribution in [0.2, 0.25) is 0 Å². The number of thiophene rings is 1. The number of amides is 1. The average Bonchev–Trinajstić information content (AvgIpc) is 2.95. The Morgan fingerprint density at radius 1 is 1.50 bits per heavy atom. The van der Waals surface area contributed by atoms with Gasteiger partial charge in [-0.15, -0.1) is 11.3 Å². The Bertz CT molecular complexity index is 467. The summed E-state index contributed by atoms with van der Waals surface area (Å²) in [5.74, 6) is 0.280. The molecule has 0 aliphatic carbocycles. The Morgan fingerprint density at radius 3 is 3.10 bits per heavy atom. The van der Waals surface area contributed by atoms with Gasteiger partial charge in [-0.3, -0.25) is 9.69 Å². The molecule has 1 aromatic rings. The van der Waals surface area contributed by atoms with Crippen LogP contribution >= 0.6 is 11.3 Å². The van der Waals surface area contributed by atoms with Gasteiger partial charge in [-0.25, -0.2) is 0 Å². The summed E-state index contributed by atoms with van der Waals surface area (Å²) < 4.78 is 0. The fourth-order valence-corrected chi connectivity index (χ4v) is 4.04. The van der Waals surface area contributed by atoms with Crippen molar-refractivity contribution in [1.82, 2.24) is 15.1 Å². The van der Waals surface area contributed by atoms with Crippen molar-refractivity contribution in [3.05, 3.63) is 21.9 Å². The van der Waals surface area contributed by atoms with E-state index in [0.29, 0.717) is 12.6 Å². The SMILES string of the molecule is CN(CC(=O)N1CCc2sccc2C1)C1CCNCC1. The van der Waals surface area contributed by atoms with Gasteiger partial charge < -0.3 is 10.2 Å². The summed E-state index contributed by atoms with van der Waals surface area (Å²) in [6, 6.07) is 2.72. The first-order chi connectivity index (χ1) is 9.74. The predicted molar refractivity (Wildman–Crippen MR) is 82.0 cm³/mol. The third-order valence-electron chi connectivity index (χ3n) is 4.48. The Morgan fingerprint density at radius 2 is 2.30 bits per heavy atom. The highest BCUT2D eigenvalue weighted by atomic mass is 32.1. The zero-order valence-electron chi connectivity index (χ0n) is 12.1. The molecule has 3 heterocycles. The van der Waals surface area contributed by atoms with Gasteiger partial charge >= 0.3 is 0 Å². The fraction of sp³-hybridized carbons (Fsp3) is 0.667.